The van der Waals surface area contributed by atoms with Crippen LogP contribution in [0.2, 0.25) is 0 Å². The maximum Gasteiger partial charge on any atom is 0.322 e. The molecule has 7 heteroatoms. The van der Waals surface area contributed by atoms with Crippen molar-refractivity contribution in [1.29, 1.82) is 0 Å². The minimum atomic E-state index is -0.0836. The number of ether oxygens (including phenoxy) is 3. The molecule has 0 aromatic heterocycles. The van der Waals surface area contributed by atoms with Crippen molar-refractivity contribution in [3.63, 3.8) is 0 Å². The SMILES string of the molecule is CN1C[C@@H]2COC[C@H](C1)N(C(=O)Nc1ccc3c(c1)OCO3)C2. The summed E-state index contributed by atoms with van der Waals surface area (Å²) in [5.41, 5.74) is 0.715. The van der Waals surface area contributed by atoms with E-state index in [9.17, 15) is 4.79 Å². The molecular formula is C16H21N3O4. The lowest BCUT2D eigenvalue weighted by Gasteiger charge is -2.29. The van der Waals surface area contributed by atoms with Gasteiger partial charge in [-0.05, 0) is 19.2 Å². The van der Waals surface area contributed by atoms with E-state index in [0.29, 0.717) is 36.3 Å². The molecule has 124 valence electrons. The van der Waals surface area contributed by atoms with Crippen molar-refractivity contribution >= 4 is 11.7 Å². The molecule has 1 aromatic rings. The number of benzene rings is 1. The van der Waals surface area contributed by atoms with Crippen LogP contribution in [0, 0.1) is 5.92 Å². The summed E-state index contributed by atoms with van der Waals surface area (Å²) in [5, 5.41) is 2.97. The van der Waals surface area contributed by atoms with Crippen LogP contribution in [0.3, 0.4) is 0 Å². The van der Waals surface area contributed by atoms with Crippen molar-refractivity contribution in [2.24, 2.45) is 5.92 Å². The van der Waals surface area contributed by atoms with Gasteiger partial charge in [-0.1, -0.05) is 0 Å². The van der Waals surface area contributed by atoms with Crippen LogP contribution in [-0.2, 0) is 4.74 Å². The summed E-state index contributed by atoms with van der Waals surface area (Å²) in [6, 6.07) is 5.45. The number of fused-ring (bicyclic) bond motifs is 4. The third-order valence-corrected chi connectivity index (χ3v) is 4.54. The summed E-state index contributed by atoms with van der Waals surface area (Å²) >= 11 is 0. The average Bonchev–Trinajstić information content (AvgIpc) is 2.80. The van der Waals surface area contributed by atoms with Crippen LogP contribution >= 0.6 is 0 Å². The lowest BCUT2D eigenvalue weighted by molar-refractivity contribution is 0.0625. The van der Waals surface area contributed by atoms with Crippen LogP contribution in [0.25, 0.3) is 0 Å². The van der Waals surface area contributed by atoms with Crippen LogP contribution in [-0.4, -0.2) is 68.6 Å². The zero-order valence-corrected chi connectivity index (χ0v) is 13.2. The molecule has 2 atom stereocenters. The molecule has 0 aliphatic carbocycles. The summed E-state index contributed by atoms with van der Waals surface area (Å²) < 4.78 is 16.4. The summed E-state index contributed by atoms with van der Waals surface area (Å²) in [5.74, 6) is 1.74. The van der Waals surface area contributed by atoms with Gasteiger partial charge in [-0.3, -0.25) is 0 Å². The van der Waals surface area contributed by atoms with Gasteiger partial charge in [0.15, 0.2) is 11.5 Å². The van der Waals surface area contributed by atoms with Crippen molar-refractivity contribution in [3.8, 4) is 11.5 Å². The summed E-state index contributed by atoms with van der Waals surface area (Å²) in [6.07, 6.45) is 0. The van der Waals surface area contributed by atoms with Crippen molar-refractivity contribution < 1.29 is 19.0 Å². The molecule has 0 spiro atoms. The van der Waals surface area contributed by atoms with Crippen LogP contribution in [0.1, 0.15) is 0 Å². The lowest BCUT2D eigenvalue weighted by atomic mass is 10.1. The van der Waals surface area contributed by atoms with E-state index in [4.69, 9.17) is 14.2 Å². The molecule has 4 rings (SSSR count). The maximum atomic E-state index is 12.7. The number of amides is 2. The molecule has 23 heavy (non-hydrogen) atoms. The molecule has 0 radical (unpaired) electrons. The predicted octanol–water partition coefficient (Wildman–Crippen LogP) is 1.21. The number of hydrogen-bond donors (Lipinski definition) is 1. The average molecular weight is 319 g/mol. The smallest absolute Gasteiger partial charge is 0.322 e. The third-order valence-electron chi connectivity index (χ3n) is 4.54. The van der Waals surface area contributed by atoms with Crippen molar-refractivity contribution in [2.45, 2.75) is 6.04 Å². The molecule has 2 amide bonds. The highest BCUT2D eigenvalue weighted by Gasteiger charge is 2.34. The number of urea groups is 1. The van der Waals surface area contributed by atoms with Gasteiger partial charge in [0.1, 0.15) is 0 Å². The van der Waals surface area contributed by atoms with E-state index in [-0.39, 0.29) is 18.9 Å². The molecule has 1 aromatic carbocycles. The Balaban J connectivity index is 1.50. The Bertz CT molecular complexity index is 609. The van der Waals surface area contributed by atoms with Crippen LogP contribution < -0.4 is 14.8 Å². The standard InChI is InChI=1S/C16H21N3O4/c1-18-5-11-6-19(13(7-18)9-21-8-11)16(20)17-12-2-3-14-15(4-12)23-10-22-14/h2-4,11,13H,5-10H2,1H3,(H,17,20)/t11-,13-/m0/s1. The van der Waals surface area contributed by atoms with Gasteiger partial charge in [-0.25, -0.2) is 4.79 Å². The van der Waals surface area contributed by atoms with Crippen molar-refractivity contribution in [3.05, 3.63) is 18.2 Å². The van der Waals surface area contributed by atoms with Gasteiger partial charge >= 0.3 is 6.03 Å². The maximum absolute atomic E-state index is 12.7. The fourth-order valence-electron chi connectivity index (χ4n) is 3.50. The lowest BCUT2D eigenvalue weighted by Crippen LogP contribution is -2.47. The first-order chi connectivity index (χ1) is 11.2. The number of nitrogens with one attached hydrogen (secondary N) is 1. The van der Waals surface area contributed by atoms with Gasteiger partial charge in [0, 0.05) is 37.3 Å². The molecule has 2 saturated heterocycles. The Morgan fingerprint density at radius 1 is 1.17 bits per heavy atom. The molecular weight excluding hydrogens is 298 g/mol. The van der Waals surface area contributed by atoms with E-state index < -0.39 is 0 Å². The first-order valence-electron chi connectivity index (χ1n) is 7.92. The largest absolute Gasteiger partial charge is 0.454 e. The normalized spacial score (nSPS) is 26.7. The second-order valence-electron chi connectivity index (χ2n) is 6.43. The fraction of sp³-hybridized carbons (Fsp3) is 0.562. The van der Waals surface area contributed by atoms with Crippen LogP contribution in [0.5, 0.6) is 11.5 Å². The monoisotopic (exact) mass is 319 g/mol. The Morgan fingerprint density at radius 3 is 2.96 bits per heavy atom. The predicted molar refractivity (Wildman–Crippen MR) is 83.9 cm³/mol. The highest BCUT2D eigenvalue weighted by atomic mass is 16.7. The van der Waals surface area contributed by atoms with Crippen LogP contribution in [0.4, 0.5) is 10.5 Å². The molecule has 0 unspecified atom stereocenters. The number of nitrogens with zero attached hydrogens (tertiary/aromatic N) is 2. The molecule has 3 heterocycles. The number of carbonyl (C=O) groups is 1. The minimum Gasteiger partial charge on any atom is -0.454 e. The minimum absolute atomic E-state index is 0.0836. The number of carbonyl (C=O) groups excluding carboxylic acids is 1. The topological polar surface area (TPSA) is 63.3 Å². The van der Waals surface area contributed by atoms with Gasteiger partial charge in [-0.15, -0.1) is 0 Å². The molecule has 1 N–H and O–H groups in total. The Hall–Kier alpha value is -1.99. The number of anilines is 1. The second-order valence-corrected chi connectivity index (χ2v) is 6.43. The molecule has 2 bridgehead atoms. The zero-order chi connectivity index (χ0) is 15.8. The second kappa shape index (κ2) is 5.90. The van der Waals surface area contributed by atoms with E-state index in [1.165, 1.54) is 0 Å². The highest BCUT2D eigenvalue weighted by Crippen LogP contribution is 2.34. The number of rotatable bonds is 1. The Labute approximate surface area is 135 Å². The van der Waals surface area contributed by atoms with Gasteiger partial charge in [0.05, 0.1) is 19.3 Å². The molecule has 7 nitrogen and oxygen atoms in total. The van der Waals surface area contributed by atoms with Crippen molar-refractivity contribution in [1.82, 2.24) is 9.80 Å². The van der Waals surface area contributed by atoms with E-state index in [2.05, 4.69) is 17.3 Å². The van der Waals surface area contributed by atoms with Gasteiger partial charge < -0.3 is 29.3 Å². The zero-order valence-electron chi connectivity index (χ0n) is 13.2. The first-order valence-corrected chi connectivity index (χ1v) is 7.92. The van der Waals surface area contributed by atoms with E-state index in [1.54, 1.807) is 6.07 Å². The van der Waals surface area contributed by atoms with Gasteiger partial charge in [0.2, 0.25) is 6.79 Å². The quantitative estimate of drug-likeness (QED) is 0.843. The number of likely N-dealkylation sites (N-methyl/N-ethyl adjacent to an activating group) is 1. The van der Waals surface area contributed by atoms with Gasteiger partial charge in [-0.2, -0.15) is 0 Å². The van der Waals surface area contributed by atoms with Gasteiger partial charge in [0.25, 0.3) is 0 Å². The molecule has 3 aliphatic rings. The molecule has 0 saturated carbocycles. The Kier molecular flexibility index (Phi) is 3.74. The summed E-state index contributed by atoms with van der Waals surface area (Å²) in [6.45, 7) is 4.07. The van der Waals surface area contributed by atoms with E-state index in [1.807, 2.05) is 17.0 Å². The number of hydrogen-bond acceptors (Lipinski definition) is 5. The summed E-state index contributed by atoms with van der Waals surface area (Å²) in [7, 11) is 2.10. The van der Waals surface area contributed by atoms with Crippen LogP contribution in [0.15, 0.2) is 18.2 Å². The first kappa shape index (κ1) is 14.6. The van der Waals surface area contributed by atoms with E-state index in [0.717, 1.165) is 19.6 Å². The summed E-state index contributed by atoms with van der Waals surface area (Å²) in [4.78, 5) is 16.9. The Morgan fingerprint density at radius 2 is 2.04 bits per heavy atom. The molecule has 3 aliphatic heterocycles. The highest BCUT2D eigenvalue weighted by molar-refractivity contribution is 5.90. The van der Waals surface area contributed by atoms with Crippen molar-refractivity contribution in [2.75, 3.05) is 52.0 Å². The molecule has 2 fully saturated rings. The fourth-order valence-corrected chi connectivity index (χ4v) is 3.50. The van der Waals surface area contributed by atoms with E-state index >= 15 is 0 Å². The third kappa shape index (κ3) is 2.94.